The fourth-order valence-electron chi connectivity index (χ4n) is 2.07. The monoisotopic (exact) mass is 264 g/mol. The molecule has 0 aliphatic carbocycles. The van der Waals surface area contributed by atoms with E-state index in [1.165, 1.54) is 7.11 Å². The first-order valence-electron chi connectivity index (χ1n) is 6.17. The topological polar surface area (TPSA) is 61.8 Å². The van der Waals surface area contributed by atoms with Gasteiger partial charge in [-0.25, -0.2) is 0 Å². The maximum Gasteiger partial charge on any atom is 0.306 e. The van der Waals surface area contributed by atoms with Crippen molar-refractivity contribution in [1.29, 1.82) is 0 Å². The van der Waals surface area contributed by atoms with E-state index in [0.717, 1.165) is 0 Å². The summed E-state index contributed by atoms with van der Waals surface area (Å²) in [5.41, 5.74) is 0.458. The lowest BCUT2D eigenvalue weighted by atomic mass is 9.92. The number of hydrogen-bond acceptors (Lipinski definition) is 5. The molecule has 1 aromatic carbocycles. The molecule has 5 heteroatoms. The molecule has 0 N–H and O–H groups in total. The van der Waals surface area contributed by atoms with E-state index >= 15 is 0 Å². The Morgan fingerprint density at radius 1 is 1.47 bits per heavy atom. The van der Waals surface area contributed by atoms with Gasteiger partial charge >= 0.3 is 5.97 Å². The van der Waals surface area contributed by atoms with Gasteiger partial charge < -0.3 is 14.2 Å². The molecule has 5 nitrogen and oxygen atoms in total. The zero-order chi connectivity index (χ0) is 13.8. The van der Waals surface area contributed by atoms with E-state index in [-0.39, 0.29) is 24.8 Å². The molecule has 1 aromatic rings. The number of benzene rings is 1. The van der Waals surface area contributed by atoms with Crippen molar-refractivity contribution >= 4 is 11.8 Å². The van der Waals surface area contributed by atoms with Gasteiger partial charge in [0.15, 0.2) is 17.3 Å². The average molecular weight is 264 g/mol. The van der Waals surface area contributed by atoms with Crippen LogP contribution in [-0.4, -0.2) is 32.1 Å². The molecule has 0 amide bonds. The number of esters is 1. The fraction of sp³-hybridized carbons (Fsp3) is 0.429. The molecule has 0 fully saturated rings. The quantitative estimate of drug-likeness (QED) is 0.776. The van der Waals surface area contributed by atoms with Gasteiger partial charge in [0.25, 0.3) is 0 Å². The number of ether oxygens (including phenoxy) is 3. The summed E-state index contributed by atoms with van der Waals surface area (Å²) in [6.07, 6.45) is 0.0450. The number of Topliss-reactive ketones (excluding diaryl/α,β-unsaturated/α-hetero) is 1. The Hall–Kier alpha value is -2.04. The summed E-state index contributed by atoms with van der Waals surface area (Å²) in [5.74, 6) is 0.0122. The zero-order valence-electron chi connectivity index (χ0n) is 11.0. The number of ketones is 1. The highest BCUT2D eigenvalue weighted by molar-refractivity contribution is 6.03. The molecule has 1 atom stereocenters. The summed E-state index contributed by atoms with van der Waals surface area (Å²) in [4.78, 5) is 23.7. The predicted molar refractivity (Wildman–Crippen MR) is 67.6 cm³/mol. The average Bonchev–Trinajstić information content (AvgIpc) is 2.41. The van der Waals surface area contributed by atoms with Crippen molar-refractivity contribution in [2.45, 2.75) is 13.3 Å². The normalized spacial score (nSPS) is 17.4. The summed E-state index contributed by atoms with van der Waals surface area (Å²) >= 11 is 0. The SMILES string of the molecule is CCOC(=O)C[C@@H]1COc2c(OC)cccc2C1=O. The number of rotatable bonds is 4. The standard InChI is InChI=1S/C14H16O5/c1-3-18-12(15)7-9-8-19-14-10(13(9)16)5-4-6-11(14)17-2/h4-6,9H,3,7-8H2,1-2H3/t9-/m1/s1. The summed E-state index contributed by atoms with van der Waals surface area (Å²) in [7, 11) is 1.52. The number of fused-ring (bicyclic) bond motifs is 1. The number of hydrogen-bond donors (Lipinski definition) is 0. The van der Waals surface area contributed by atoms with Gasteiger partial charge in [0, 0.05) is 0 Å². The molecule has 0 saturated carbocycles. The van der Waals surface area contributed by atoms with Crippen LogP contribution in [0.15, 0.2) is 18.2 Å². The van der Waals surface area contributed by atoms with Crippen molar-refractivity contribution in [2.75, 3.05) is 20.3 Å². The minimum Gasteiger partial charge on any atom is -0.493 e. The molecule has 0 spiro atoms. The number of carbonyl (C=O) groups excluding carboxylic acids is 2. The van der Waals surface area contributed by atoms with Crippen LogP contribution in [0, 0.1) is 5.92 Å². The Bertz CT molecular complexity index is 495. The lowest BCUT2D eigenvalue weighted by Gasteiger charge is -2.24. The second kappa shape index (κ2) is 5.73. The third-order valence-corrected chi connectivity index (χ3v) is 2.98. The van der Waals surface area contributed by atoms with E-state index in [0.29, 0.717) is 23.7 Å². The van der Waals surface area contributed by atoms with E-state index in [2.05, 4.69) is 0 Å². The van der Waals surface area contributed by atoms with E-state index in [1.54, 1.807) is 25.1 Å². The van der Waals surface area contributed by atoms with Gasteiger partial charge in [-0.3, -0.25) is 9.59 Å². The van der Waals surface area contributed by atoms with Crippen LogP contribution in [-0.2, 0) is 9.53 Å². The minimum absolute atomic E-state index is 0.0450. The van der Waals surface area contributed by atoms with Crippen LogP contribution in [0.5, 0.6) is 11.5 Å². The van der Waals surface area contributed by atoms with E-state index in [4.69, 9.17) is 14.2 Å². The first-order valence-corrected chi connectivity index (χ1v) is 6.17. The lowest BCUT2D eigenvalue weighted by Crippen LogP contribution is -2.30. The maximum atomic E-state index is 12.3. The molecule has 1 aliphatic heterocycles. The number of para-hydroxylation sites is 1. The van der Waals surface area contributed by atoms with Gasteiger partial charge in [-0.1, -0.05) is 6.07 Å². The Morgan fingerprint density at radius 2 is 2.26 bits per heavy atom. The molecule has 0 aromatic heterocycles. The molecule has 0 bridgehead atoms. The minimum atomic E-state index is -0.487. The van der Waals surface area contributed by atoms with Crippen molar-refractivity contribution in [3.8, 4) is 11.5 Å². The molecular formula is C14H16O5. The zero-order valence-corrected chi connectivity index (χ0v) is 11.0. The van der Waals surface area contributed by atoms with E-state index in [9.17, 15) is 9.59 Å². The Kier molecular flexibility index (Phi) is 4.04. The van der Waals surface area contributed by atoms with Crippen LogP contribution in [0.2, 0.25) is 0 Å². The number of methoxy groups -OCH3 is 1. The van der Waals surface area contributed by atoms with Crippen LogP contribution < -0.4 is 9.47 Å². The summed E-state index contributed by atoms with van der Waals surface area (Å²) < 4.78 is 15.6. The van der Waals surface area contributed by atoms with Crippen LogP contribution in [0.25, 0.3) is 0 Å². The Balaban J connectivity index is 2.18. The molecule has 102 valence electrons. The third kappa shape index (κ3) is 2.70. The van der Waals surface area contributed by atoms with Gasteiger partial charge in [-0.2, -0.15) is 0 Å². The Morgan fingerprint density at radius 3 is 2.95 bits per heavy atom. The first-order chi connectivity index (χ1) is 9.17. The highest BCUT2D eigenvalue weighted by Gasteiger charge is 2.32. The van der Waals surface area contributed by atoms with Gasteiger partial charge in [-0.05, 0) is 19.1 Å². The fourth-order valence-corrected chi connectivity index (χ4v) is 2.07. The molecule has 1 heterocycles. The predicted octanol–water partition coefficient (Wildman–Crippen LogP) is 1.84. The van der Waals surface area contributed by atoms with Crippen LogP contribution >= 0.6 is 0 Å². The second-order valence-electron chi connectivity index (χ2n) is 4.22. The van der Waals surface area contributed by atoms with E-state index in [1.807, 2.05) is 0 Å². The van der Waals surface area contributed by atoms with Crippen molar-refractivity contribution in [3.63, 3.8) is 0 Å². The van der Waals surface area contributed by atoms with Crippen LogP contribution in [0.3, 0.4) is 0 Å². The highest BCUT2D eigenvalue weighted by Crippen LogP contribution is 2.36. The number of carbonyl (C=O) groups is 2. The molecular weight excluding hydrogens is 248 g/mol. The van der Waals surface area contributed by atoms with Gasteiger partial charge in [0.2, 0.25) is 0 Å². The second-order valence-corrected chi connectivity index (χ2v) is 4.22. The van der Waals surface area contributed by atoms with Crippen molar-refractivity contribution in [1.82, 2.24) is 0 Å². The maximum absolute atomic E-state index is 12.3. The molecule has 0 radical (unpaired) electrons. The smallest absolute Gasteiger partial charge is 0.306 e. The van der Waals surface area contributed by atoms with Crippen LogP contribution in [0.4, 0.5) is 0 Å². The summed E-state index contributed by atoms with van der Waals surface area (Å²) in [6.45, 7) is 2.22. The summed E-state index contributed by atoms with van der Waals surface area (Å²) in [5, 5.41) is 0. The summed E-state index contributed by atoms with van der Waals surface area (Å²) in [6, 6.07) is 5.14. The Labute approximate surface area is 111 Å². The van der Waals surface area contributed by atoms with Crippen molar-refractivity contribution in [3.05, 3.63) is 23.8 Å². The molecule has 2 rings (SSSR count). The first kappa shape index (κ1) is 13.4. The highest BCUT2D eigenvalue weighted by atomic mass is 16.5. The van der Waals surface area contributed by atoms with Gasteiger partial charge in [-0.15, -0.1) is 0 Å². The third-order valence-electron chi connectivity index (χ3n) is 2.98. The molecule has 1 aliphatic rings. The molecule has 19 heavy (non-hydrogen) atoms. The van der Waals surface area contributed by atoms with Gasteiger partial charge in [0.1, 0.15) is 0 Å². The largest absolute Gasteiger partial charge is 0.493 e. The molecule has 0 saturated heterocycles. The molecule has 0 unspecified atom stereocenters. The van der Waals surface area contributed by atoms with Gasteiger partial charge in [0.05, 0.1) is 38.2 Å². The van der Waals surface area contributed by atoms with Crippen LogP contribution in [0.1, 0.15) is 23.7 Å². The van der Waals surface area contributed by atoms with Crippen molar-refractivity contribution in [2.24, 2.45) is 5.92 Å². The van der Waals surface area contributed by atoms with Crippen molar-refractivity contribution < 1.29 is 23.8 Å². The lowest BCUT2D eigenvalue weighted by molar-refractivity contribution is -0.144. The van der Waals surface area contributed by atoms with E-state index < -0.39 is 5.92 Å².